The summed E-state index contributed by atoms with van der Waals surface area (Å²) < 4.78 is 0. The topological polar surface area (TPSA) is 99.0 Å². The van der Waals surface area contributed by atoms with Gasteiger partial charge in [0.05, 0.1) is 6.07 Å². The van der Waals surface area contributed by atoms with E-state index in [1.807, 2.05) is 31.2 Å². The van der Waals surface area contributed by atoms with Gasteiger partial charge in [0.1, 0.15) is 17.0 Å². The molecule has 1 N–H and O–H groups in total. The van der Waals surface area contributed by atoms with E-state index in [4.69, 9.17) is 0 Å². The SMILES string of the molecule is CC[C@]1(C#N)CCN(c2ccnc(Nc3cccc(CCC(C)=O)c3)n2)C1=O. The molecule has 1 amide bonds. The quantitative estimate of drug-likeness (QED) is 0.794. The van der Waals surface area contributed by atoms with Crippen molar-refractivity contribution in [3.63, 3.8) is 0 Å². The Morgan fingerprint density at radius 2 is 2.21 bits per heavy atom. The molecule has 0 unspecified atom stereocenters. The van der Waals surface area contributed by atoms with Crippen LogP contribution in [-0.4, -0.2) is 28.2 Å². The molecular weight excluding hydrogens is 354 g/mol. The molecule has 1 aliphatic rings. The molecule has 2 aromatic rings. The predicted molar refractivity (Wildman–Crippen MR) is 106 cm³/mol. The molecular formula is C21H23N5O2. The molecule has 7 nitrogen and oxygen atoms in total. The van der Waals surface area contributed by atoms with Crippen LogP contribution >= 0.6 is 0 Å². The molecule has 0 aliphatic carbocycles. The highest BCUT2D eigenvalue weighted by molar-refractivity contribution is 6.01. The van der Waals surface area contributed by atoms with Crippen LogP contribution in [0.1, 0.15) is 38.7 Å². The minimum absolute atomic E-state index is 0.158. The lowest BCUT2D eigenvalue weighted by Gasteiger charge is -2.19. The second-order valence-corrected chi connectivity index (χ2v) is 7.02. The fourth-order valence-electron chi connectivity index (χ4n) is 3.31. The van der Waals surface area contributed by atoms with Crippen molar-refractivity contribution >= 4 is 29.1 Å². The molecule has 0 bridgehead atoms. The van der Waals surface area contributed by atoms with Crippen LogP contribution in [0.4, 0.5) is 17.5 Å². The fraction of sp³-hybridized carbons (Fsp3) is 0.381. The van der Waals surface area contributed by atoms with Crippen molar-refractivity contribution in [2.45, 2.75) is 39.5 Å². The van der Waals surface area contributed by atoms with Crippen LogP contribution in [0.5, 0.6) is 0 Å². The third-order valence-corrected chi connectivity index (χ3v) is 5.10. The summed E-state index contributed by atoms with van der Waals surface area (Å²) in [5.41, 5.74) is 0.905. The van der Waals surface area contributed by atoms with Gasteiger partial charge < -0.3 is 10.1 Å². The average molecular weight is 377 g/mol. The summed E-state index contributed by atoms with van der Waals surface area (Å²) in [6.07, 6.45) is 3.77. The van der Waals surface area contributed by atoms with Crippen LogP contribution in [0.2, 0.25) is 0 Å². The van der Waals surface area contributed by atoms with Crippen LogP contribution in [0.25, 0.3) is 0 Å². The van der Waals surface area contributed by atoms with E-state index < -0.39 is 5.41 Å². The van der Waals surface area contributed by atoms with E-state index in [9.17, 15) is 14.9 Å². The number of ketones is 1. The first-order valence-corrected chi connectivity index (χ1v) is 9.39. The number of Topliss-reactive ketones (excluding diaryl/α,β-unsaturated/α-hetero) is 1. The number of benzene rings is 1. The van der Waals surface area contributed by atoms with Crippen LogP contribution in [-0.2, 0) is 16.0 Å². The fourth-order valence-corrected chi connectivity index (χ4v) is 3.31. The number of rotatable bonds is 7. The Morgan fingerprint density at radius 1 is 1.39 bits per heavy atom. The first-order chi connectivity index (χ1) is 13.5. The van der Waals surface area contributed by atoms with Crippen molar-refractivity contribution in [3.05, 3.63) is 42.1 Å². The maximum Gasteiger partial charge on any atom is 0.248 e. The predicted octanol–water partition coefficient (Wildman–Crippen LogP) is 3.40. The van der Waals surface area contributed by atoms with Gasteiger partial charge in [-0.1, -0.05) is 19.1 Å². The van der Waals surface area contributed by atoms with E-state index in [1.165, 1.54) is 0 Å². The molecule has 1 aliphatic heterocycles. The monoisotopic (exact) mass is 377 g/mol. The largest absolute Gasteiger partial charge is 0.324 e. The van der Waals surface area contributed by atoms with E-state index in [0.29, 0.717) is 44.0 Å². The molecule has 0 spiro atoms. The van der Waals surface area contributed by atoms with Crippen molar-refractivity contribution in [3.8, 4) is 6.07 Å². The highest BCUT2D eigenvalue weighted by Crippen LogP contribution is 2.36. The lowest BCUT2D eigenvalue weighted by Crippen LogP contribution is -2.33. The van der Waals surface area contributed by atoms with Crippen LogP contribution in [0.3, 0.4) is 0 Å². The van der Waals surface area contributed by atoms with Gasteiger partial charge in [-0.3, -0.25) is 9.69 Å². The number of amides is 1. The number of nitriles is 1. The minimum atomic E-state index is -0.955. The van der Waals surface area contributed by atoms with E-state index >= 15 is 0 Å². The van der Waals surface area contributed by atoms with E-state index in [1.54, 1.807) is 24.1 Å². The Morgan fingerprint density at radius 3 is 2.89 bits per heavy atom. The summed E-state index contributed by atoms with van der Waals surface area (Å²) in [5.74, 6) is 0.819. The number of nitrogens with one attached hydrogen (secondary N) is 1. The lowest BCUT2D eigenvalue weighted by atomic mass is 9.85. The van der Waals surface area contributed by atoms with E-state index in [-0.39, 0.29) is 11.7 Å². The zero-order valence-electron chi connectivity index (χ0n) is 16.1. The Bertz CT molecular complexity index is 936. The Labute approximate surface area is 164 Å². The summed E-state index contributed by atoms with van der Waals surface area (Å²) in [4.78, 5) is 34.2. The second kappa shape index (κ2) is 8.17. The van der Waals surface area contributed by atoms with Crippen molar-refractivity contribution in [1.29, 1.82) is 5.26 Å². The molecule has 144 valence electrons. The number of nitrogens with zero attached hydrogens (tertiary/aromatic N) is 4. The zero-order valence-corrected chi connectivity index (χ0v) is 16.1. The number of anilines is 3. The Balaban J connectivity index is 1.76. The lowest BCUT2D eigenvalue weighted by molar-refractivity contribution is -0.123. The molecule has 3 rings (SSSR count). The maximum atomic E-state index is 12.7. The van der Waals surface area contributed by atoms with Gasteiger partial charge in [0, 0.05) is 24.8 Å². The third kappa shape index (κ3) is 4.01. The molecule has 1 fully saturated rings. The minimum Gasteiger partial charge on any atom is -0.324 e. The number of hydrogen-bond donors (Lipinski definition) is 1. The van der Waals surface area contributed by atoms with Gasteiger partial charge in [-0.05, 0) is 49.9 Å². The highest BCUT2D eigenvalue weighted by atomic mass is 16.2. The Hall–Kier alpha value is -3.27. The van der Waals surface area contributed by atoms with Gasteiger partial charge in [-0.15, -0.1) is 0 Å². The second-order valence-electron chi connectivity index (χ2n) is 7.02. The van der Waals surface area contributed by atoms with Gasteiger partial charge in [-0.25, -0.2) is 4.98 Å². The van der Waals surface area contributed by atoms with Gasteiger partial charge in [0.2, 0.25) is 11.9 Å². The van der Waals surface area contributed by atoms with Crippen molar-refractivity contribution < 1.29 is 9.59 Å². The number of carbonyl (C=O) groups is 2. The maximum absolute atomic E-state index is 12.7. The smallest absolute Gasteiger partial charge is 0.248 e. The standard InChI is InChI=1S/C21H23N5O2/c1-3-21(14-22)10-12-26(19(21)28)18-9-11-23-20(25-18)24-17-6-4-5-16(13-17)8-7-15(2)27/h4-6,9,11,13H,3,7-8,10,12H2,1-2H3,(H,23,24,25)/t21-/m1/s1. The molecule has 7 heteroatoms. The van der Waals surface area contributed by atoms with Crippen LogP contribution in [0, 0.1) is 16.7 Å². The molecule has 1 atom stereocenters. The van der Waals surface area contributed by atoms with Crippen molar-refractivity contribution in [2.24, 2.45) is 5.41 Å². The van der Waals surface area contributed by atoms with Crippen LogP contribution < -0.4 is 10.2 Å². The van der Waals surface area contributed by atoms with Crippen LogP contribution in [0.15, 0.2) is 36.5 Å². The van der Waals surface area contributed by atoms with Gasteiger partial charge >= 0.3 is 0 Å². The van der Waals surface area contributed by atoms with E-state index in [0.717, 1.165) is 11.3 Å². The zero-order chi connectivity index (χ0) is 20.1. The molecule has 0 radical (unpaired) electrons. The summed E-state index contributed by atoms with van der Waals surface area (Å²) in [6, 6.07) is 11.6. The number of aromatic nitrogens is 2. The first kappa shape index (κ1) is 19.5. The molecule has 1 aromatic carbocycles. The molecule has 1 saturated heterocycles. The van der Waals surface area contributed by atoms with Crippen molar-refractivity contribution in [1.82, 2.24) is 9.97 Å². The molecule has 28 heavy (non-hydrogen) atoms. The number of carbonyl (C=O) groups excluding carboxylic acids is 2. The number of hydrogen-bond acceptors (Lipinski definition) is 6. The normalized spacial score (nSPS) is 18.8. The molecule has 2 heterocycles. The van der Waals surface area contributed by atoms with E-state index in [2.05, 4.69) is 21.4 Å². The summed E-state index contributed by atoms with van der Waals surface area (Å²) in [7, 11) is 0. The van der Waals surface area contributed by atoms with Crippen molar-refractivity contribution in [2.75, 3.05) is 16.8 Å². The third-order valence-electron chi connectivity index (χ3n) is 5.10. The Kier molecular flexibility index (Phi) is 5.69. The molecule has 0 saturated carbocycles. The first-order valence-electron chi connectivity index (χ1n) is 9.39. The summed E-state index contributed by atoms with van der Waals surface area (Å²) >= 11 is 0. The summed E-state index contributed by atoms with van der Waals surface area (Å²) in [5, 5.41) is 12.6. The molecule has 1 aromatic heterocycles. The average Bonchev–Trinajstić information content (AvgIpc) is 3.03. The summed E-state index contributed by atoms with van der Waals surface area (Å²) in [6.45, 7) is 3.91. The number of aryl methyl sites for hydroxylation is 1. The highest BCUT2D eigenvalue weighted by Gasteiger charge is 2.46. The van der Waals surface area contributed by atoms with Gasteiger partial charge in [0.15, 0.2) is 0 Å². The van der Waals surface area contributed by atoms with Gasteiger partial charge in [-0.2, -0.15) is 10.2 Å². The van der Waals surface area contributed by atoms with Gasteiger partial charge in [0.25, 0.3) is 0 Å².